The molecule has 0 radical (unpaired) electrons. The molecule has 0 N–H and O–H groups in total. The van der Waals surface area contributed by atoms with Crippen LogP contribution in [0.3, 0.4) is 0 Å². The molecule has 0 bridgehead atoms. The summed E-state index contributed by atoms with van der Waals surface area (Å²) in [6.07, 6.45) is 4.06. The zero-order valence-electron chi connectivity index (χ0n) is 6.40. The molecule has 0 amide bonds. The van der Waals surface area contributed by atoms with Crippen LogP contribution in [0, 0.1) is 0 Å². The van der Waals surface area contributed by atoms with Crippen molar-refractivity contribution < 1.29 is 9.53 Å². The molecule has 1 aromatic heterocycles. The molecule has 0 aromatic carbocycles. The van der Waals surface area contributed by atoms with E-state index in [1.54, 1.807) is 11.3 Å². The van der Waals surface area contributed by atoms with Crippen LogP contribution in [-0.2, 0) is 9.53 Å². The first-order valence-corrected chi connectivity index (χ1v) is 4.70. The Bertz CT molecular complexity index is 300. The van der Waals surface area contributed by atoms with E-state index in [2.05, 4.69) is 0 Å². The largest absolute Gasteiger partial charge is 0.454 e. The summed E-state index contributed by atoms with van der Waals surface area (Å²) in [6, 6.07) is 1.99. The fraction of sp³-hybridized carbons (Fsp3) is 0.222. The standard InChI is InChI=1S/C9H8O2S/c10-9-3-1-2-8(11-9)7-4-5-12-6-7/h1,3-6,8H,2H2. The summed E-state index contributed by atoms with van der Waals surface area (Å²) >= 11 is 1.62. The van der Waals surface area contributed by atoms with Gasteiger partial charge in [0.05, 0.1) is 0 Å². The van der Waals surface area contributed by atoms with Gasteiger partial charge in [-0.2, -0.15) is 11.3 Å². The molecule has 1 aliphatic rings. The van der Waals surface area contributed by atoms with Gasteiger partial charge in [0.2, 0.25) is 0 Å². The molecule has 0 spiro atoms. The molecule has 0 fully saturated rings. The topological polar surface area (TPSA) is 26.3 Å². The van der Waals surface area contributed by atoms with Crippen LogP contribution >= 0.6 is 11.3 Å². The Morgan fingerprint density at radius 1 is 1.58 bits per heavy atom. The van der Waals surface area contributed by atoms with E-state index in [0.717, 1.165) is 12.0 Å². The van der Waals surface area contributed by atoms with Crippen molar-refractivity contribution in [1.82, 2.24) is 0 Å². The van der Waals surface area contributed by atoms with Crippen LogP contribution < -0.4 is 0 Å². The average Bonchev–Trinajstić information content (AvgIpc) is 2.56. The van der Waals surface area contributed by atoms with E-state index in [4.69, 9.17) is 4.74 Å². The smallest absolute Gasteiger partial charge is 0.331 e. The molecule has 62 valence electrons. The Morgan fingerprint density at radius 2 is 2.50 bits per heavy atom. The number of ether oxygens (including phenoxy) is 1. The van der Waals surface area contributed by atoms with E-state index in [-0.39, 0.29) is 12.1 Å². The lowest BCUT2D eigenvalue weighted by molar-refractivity contribution is -0.144. The molecule has 12 heavy (non-hydrogen) atoms. The molecule has 1 unspecified atom stereocenters. The minimum Gasteiger partial charge on any atom is -0.454 e. The van der Waals surface area contributed by atoms with Gasteiger partial charge in [-0.1, -0.05) is 6.08 Å². The van der Waals surface area contributed by atoms with Crippen molar-refractivity contribution in [2.24, 2.45) is 0 Å². The van der Waals surface area contributed by atoms with Crippen LogP contribution in [0.5, 0.6) is 0 Å². The van der Waals surface area contributed by atoms with Crippen LogP contribution in [0.25, 0.3) is 0 Å². The van der Waals surface area contributed by atoms with Crippen molar-refractivity contribution in [3.8, 4) is 0 Å². The van der Waals surface area contributed by atoms with Crippen LogP contribution in [0.2, 0.25) is 0 Å². The highest BCUT2D eigenvalue weighted by Gasteiger charge is 2.17. The molecule has 1 aromatic rings. The van der Waals surface area contributed by atoms with E-state index in [9.17, 15) is 4.79 Å². The molecule has 2 heterocycles. The maximum absolute atomic E-state index is 10.9. The van der Waals surface area contributed by atoms with Crippen LogP contribution in [0.4, 0.5) is 0 Å². The maximum atomic E-state index is 10.9. The summed E-state index contributed by atoms with van der Waals surface area (Å²) in [5.41, 5.74) is 1.10. The van der Waals surface area contributed by atoms with Gasteiger partial charge in [-0.15, -0.1) is 0 Å². The highest BCUT2D eigenvalue weighted by Crippen LogP contribution is 2.26. The summed E-state index contributed by atoms with van der Waals surface area (Å²) < 4.78 is 5.11. The number of rotatable bonds is 1. The van der Waals surface area contributed by atoms with Gasteiger partial charge in [0.1, 0.15) is 6.10 Å². The third kappa shape index (κ3) is 1.41. The third-order valence-corrected chi connectivity index (χ3v) is 2.48. The number of thiophene rings is 1. The second-order valence-electron chi connectivity index (χ2n) is 2.62. The lowest BCUT2D eigenvalue weighted by Crippen LogP contribution is -2.11. The van der Waals surface area contributed by atoms with E-state index in [0.29, 0.717) is 0 Å². The zero-order valence-corrected chi connectivity index (χ0v) is 7.21. The molecule has 3 heteroatoms. The highest BCUT2D eigenvalue weighted by molar-refractivity contribution is 7.07. The van der Waals surface area contributed by atoms with Crippen molar-refractivity contribution in [3.05, 3.63) is 34.5 Å². The van der Waals surface area contributed by atoms with Gasteiger partial charge < -0.3 is 4.74 Å². The van der Waals surface area contributed by atoms with Gasteiger partial charge in [0.25, 0.3) is 0 Å². The minimum absolute atomic E-state index is 0.0613. The van der Waals surface area contributed by atoms with E-state index in [1.807, 2.05) is 22.9 Å². The number of carbonyl (C=O) groups excluding carboxylic acids is 1. The molecule has 1 aliphatic heterocycles. The Kier molecular flexibility index (Phi) is 1.96. The summed E-state index contributed by atoms with van der Waals surface area (Å²) in [7, 11) is 0. The number of hydrogen-bond acceptors (Lipinski definition) is 3. The predicted octanol–water partition coefficient (Wildman–Crippen LogP) is 2.29. The van der Waals surface area contributed by atoms with Crippen molar-refractivity contribution in [1.29, 1.82) is 0 Å². The molecule has 0 saturated heterocycles. The molecular formula is C9H8O2S. The quantitative estimate of drug-likeness (QED) is 0.620. The minimum atomic E-state index is -0.238. The number of esters is 1. The molecular weight excluding hydrogens is 172 g/mol. The molecule has 2 rings (SSSR count). The monoisotopic (exact) mass is 180 g/mol. The first-order chi connectivity index (χ1) is 5.86. The number of carbonyl (C=O) groups is 1. The molecule has 0 saturated carbocycles. The van der Waals surface area contributed by atoms with E-state index < -0.39 is 0 Å². The van der Waals surface area contributed by atoms with Gasteiger partial charge >= 0.3 is 5.97 Å². The van der Waals surface area contributed by atoms with Crippen molar-refractivity contribution in [2.45, 2.75) is 12.5 Å². The van der Waals surface area contributed by atoms with Gasteiger partial charge in [-0.05, 0) is 16.8 Å². The van der Waals surface area contributed by atoms with E-state index >= 15 is 0 Å². The van der Waals surface area contributed by atoms with E-state index in [1.165, 1.54) is 6.08 Å². The Hall–Kier alpha value is -1.09. The Balaban J connectivity index is 2.17. The zero-order chi connectivity index (χ0) is 8.39. The number of cyclic esters (lactones) is 1. The summed E-state index contributed by atoms with van der Waals surface area (Å²) in [4.78, 5) is 10.9. The lowest BCUT2D eigenvalue weighted by Gasteiger charge is -2.17. The van der Waals surface area contributed by atoms with Crippen LogP contribution in [-0.4, -0.2) is 5.97 Å². The Morgan fingerprint density at radius 3 is 3.17 bits per heavy atom. The van der Waals surface area contributed by atoms with Crippen LogP contribution in [0.15, 0.2) is 29.0 Å². The fourth-order valence-corrected chi connectivity index (χ4v) is 1.88. The summed E-state index contributed by atoms with van der Waals surface area (Å²) in [6.45, 7) is 0. The Labute approximate surface area is 74.5 Å². The summed E-state index contributed by atoms with van der Waals surface area (Å²) in [5.74, 6) is -0.238. The molecule has 2 nitrogen and oxygen atoms in total. The first-order valence-electron chi connectivity index (χ1n) is 3.75. The van der Waals surface area contributed by atoms with Gasteiger partial charge in [0.15, 0.2) is 0 Å². The highest BCUT2D eigenvalue weighted by atomic mass is 32.1. The van der Waals surface area contributed by atoms with Crippen LogP contribution in [0.1, 0.15) is 18.1 Å². The normalized spacial score (nSPS) is 22.3. The fourth-order valence-electron chi connectivity index (χ4n) is 1.18. The third-order valence-electron chi connectivity index (χ3n) is 1.78. The molecule has 1 atom stereocenters. The summed E-state index contributed by atoms with van der Waals surface area (Å²) in [5, 5.41) is 4.00. The first kappa shape index (κ1) is 7.55. The van der Waals surface area contributed by atoms with Crippen molar-refractivity contribution in [2.75, 3.05) is 0 Å². The van der Waals surface area contributed by atoms with Crippen molar-refractivity contribution in [3.63, 3.8) is 0 Å². The second-order valence-corrected chi connectivity index (χ2v) is 3.40. The van der Waals surface area contributed by atoms with Gasteiger partial charge in [0, 0.05) is 18.1 Å². The number of hydrogen-bond donors (Lipinski definition) is 0. The molecule has 0 aliphatic carbocycles. The predicted molar refractivity (Wildman–Crippen MR) is 46.9 cm³/mol. The lowest BCUT2D eigenvalue weighted by atomic mass is 10.1. The maximum Gasteiger partial charge on any atom is 0.331 e. The SMILES string of the molecule is O=C1C=CCC(c2ccsc2)O1. The van der Waals surface area contributed by atoms with Crippen molar-refractivity contribution >= 4 is 17.3 Å². The second kappa shape index (κ2) is 3.11. The van der Waals surface area contributed by atoms with Gasteiger partial charge in [-0.3, -0.25) is 0 Å². The van der Waals surface area contributed by atoms with Gasteiger partial charge in [-0.25, -0.2) is 4.79 Å². The average molecular weight is 180 g/mol.